The van der Waals surface area contributed by atoms with E-state index in [1.54, 1.807) is 0 Å². The number of rotatable bonds is 10. The first-order valence-corrected chi connectivity index (χ1v) is 12.2. The average molecular weight is 461 g/mol. The third kappa shape index (κ3) is 6.04. The molecular weight excluding hydrogens is 432 g/mol. The molecule has 0 aliphatic rings. The van der Waals surface area contributed by atoms with Crippen molar-refractivity contribution in [1.29, 1.82) is 0 Å². The number of aromatic nitrogens is 5. The molecule has 1 atom stereocenters. The van der Waals surface area contributed by atoms with Crippen LogP contribution in [0.15, 0.2) is 29.4 Å². The Labute approximate surface area is 190 Å². The predicted octanol–water partition coefficient (Wildman–Crippen LogP) is 4.71. The minimum Gasteiger partial charge on any atom is -0.483 e. The second kappa shape index (κ2) is 10.7. The number of hydrogen-bond acceptors (Lipinski definition) is 8. The molecule has 3 aromatic rings. The van der Waals surface area contributed by atoms with Crippen LogP contribution >= 0.6 is 23.1 Å². The lowest BCUT2D eigenvalue weighted by molar-refractivity contribution is -0.113. The zero-order chi connectivity index (χ0) is 22.4. The highest BCUT2D eigenvalue weighted by Crippen LogP contribution is 2.26. The van der Waals surface area contributed by atoms with E-state index >= 15 is 0 Å². The SMILES string of the molecule is CCc1nnc(NC(=O)CSc2nnc(C(C)Oc3ccc(C(C)C)cc3)n2CC)s1. The summed E-state index contributed by atoms with van der Waals surface area (Å²) in [6, 6.07) is 8.13. The molecule has 0 radical (unpaired) electrons. The van der Waals surface area contributed by atoms with Gasteiger partial charge in [-0.15, -0.1) is 20.4 Å². The summed E-state index contributed by atoms with van der Waals surface area (Å²) in [5.74, 6) is 2.07. The lowest BCUT2D eigenvalue weighted by Gasteiger charge is -2.16. The van der Waals surface area contributed by atoms with Gasteiger partial charge in [0.05, 0.1) is 5.75 Å². The van der Waals surface area contributed by atoms with Crippen LogP contribution in [0.2, 0.25) is 0 Å². The molecule has 0 spiro atoms. The Morgan fingerprint density at radius 2 is 1.87 bits per heavy atom. The second-order valence-corrected chi connectivity index (χ2v) is 9.26. The van der Waals surface area contributed by atoms with Crippen LogP contribution in [0, 0.1) is 0 Å². The molecule has 2 heterocycles. The van der Waals surface area contributed by atoms with Crippen molar-refractivity contribution in [3.8, 4) is 5.75 Å². The molecule has 0 aliphatic heterocycles. The van der Waals surface area contributed by atoms with Gasteiger partial charge in [0.1, 0.15) is 10.8 Å². The monoisotopic (exact) mass is 460 g/mol. The van der Waals surface area contributed by atoms with E-state index in [1.165, 1.54) is 28.7 Å². The third-order valence-electron chi connectivity index (χ3n) is 4.63. The summed E-state index contributed by atoms with van der Waals surface area (Å²) in [6.45, 7) is 11.0. The minimum atomic E-state index is -0.269. The van der Waals surface area contributed by atoms with Gasteiger partial charge < -0.3 is 9.30 Å². The Bertz CT molecular complexity index is 1000. The number of ether oxygens (including phenoxy) is 1. The Hall–Kier alpha value is -2.46. The molecular formula is C21H28N6O2S2. The van der Waals surface area contributed by atoms with E-state index in [0.717, 1.165) is 23.0 Å². The number of benzene rings is 1. The van der Waals surface area contributed by atoms with E-state index < -0.39 is 0 Å². The molecule has 1 N–H and O–H groups in total. The molecule has 0 bridgehead atoms. The van der Waals surface area contributed by atoms with Crippen molar-refractivity contribution in [2.45, 2.75) is 64.8 Å². The van der Waals surface area contributed by atoms with Gasteiger partial charge in [0, 0.05) is 6.54 Å². The van der Waals surface area contributed by atoms with Gasteiger partial charge in [0.25, 0.3) is 0 Å². The minimum absolute atomic E-state index is 0.148. The maximum atomic E-state index is 12.3. The van der Waals surface area contributed by atoms with Gasteiger partial charge in [-0.3, -0.25) is 10.1 Å². The van der Waals surface area contributed by atoms with E-state index in [-0.39, 0.29) is 17.8 Å². The van der Waals surface area contributed by atoms with E-state index in [2.05, 4.69) is 51.7 Å². The summed E-state index contributed by atoms with van der Waals surface area (Å²) < 4.78 is 8.06. The Kier molecular flexibility index (Phi) is 8.03. The number of thioether (sulfide) groups is 1. The molecule has 0 fully saturated rings. The lowest BCUT2D eigenvalue weighted by Crippen LogP contribution is -2.15. The first kappa shape index (κ1) is 23.2. The van der Waals surface area contributed by atoms with Gasteiger partial charge in [0.15, 0.2) is 17.1 Å². The van der Waals surface area contributed by atoms with Gasteiger partial charge in [-0.05, 0) is 43.9 Å². The van der Waals surface area contributed by atoms with Crippen LogP contribution in [-0.4, -0.2) is 36.6 Å². The summed E-state index contributed by atoms with van der Waals surface area (Å²) >= 11 is 2.73. The first-order chi connectivity index (χ1) is 14.9. The van der Waals surface area contributed by atoms with Gasteiger partial charge in [-0.25, -0.2) is 0 Å². The molecule has 10 heteroatoms. The maximum Gasteiger partial charge on any atom is 0.236 e. The molecule has 31 heavy (non-hydrogen) atoms. The van der Waals surface area contributed by atoms with Crippen LogP contribution in [-0.2, 0) is 17.8 Å². The number of aryl methyl sites for hydroxylation is 1. The van der Waals surface area contributed by atoms with Crippen LogP contribution in [0.3, 0.4) is 0 Å². The van der Waals surface area contributed by atoms with E-state index in [9.17, 15) is 4.79 Å². The summed E-state index contributed by atoms with van der Waals surface area (Å²) in [4.78, 5) is 12.3. The van der Waals surface area contributed by atoms with Crippen molar-refractivity contribution < 1.29 is 9.53 Å². The summed E-state index contributed by atoms with van der Waals surface area (Å²) in [6.07, 6.45) is 0.529. The zero-order valence-corrected chi connectivity index (χ0v) is 20.1. The molecule has 8 nitrogen and oxygen atoms in total. The highest BCUT2D eigenvalue weighted by molar-refractivity contribution is 7.99. The second-order valence-electron chi connectivity index (χ2n) is 7.26. The number of carbonyl (C=O) groups excluding carboxylic acids is 1. The van der Waals surface area contributed by atoms with E-state index in [4.69, 9.17) is 4.74 Å². The predicted molar refractivity (Wildman–Crippen MR) is 124 cm³/mol. The van der Waals surface area contributed by atoms with E-state index in [0.29, 0.717) is 22.8 Å². The molecule has 166 valence electrons. The van der Waals surface area contributed by atoms with Gasteiger partial charge in [-0.1, -0.05) is 56.0 Å². The maximum absolute atomic E-state index is 12.3. The molecule has 0 saturated carbocycles. The summed E-state index contributed by atoms with van der Waals surface area (Å²) in [5.41, 5.74) is 1.27. The number of nitrogens with zero attached hydrogens (tertiary/aromatic N) is 5. The van der Waals surface area contributed by atoms with Crippen molar-refractivity contribution >= 4 is 34.1 Å². The quantitative estimate of drug-likeness (QED) is 0.438. The Morgan fingerprint density at radius 3 is 2.48 bits per heavy atom. The van der Waals surface area contributed by atoms with Crippen molar-refractivity contribution in [1.82, 2.24) is 25.0 Å². The smallest absolute Gasteiger partial charge is 0.236 e. The Morgan fingerprint density at radius 1 is 1.13 bits per heavy atom. The van der Waals surface area contributed by atoms with Crippen molar-refractivity contribution in [2.75, 3.05) is 11.1 Å². The van der Waals surface area contributed by atoms with Crippen LogP contribution in [0.1, 0.15) is 63.0 Å². The Balaban J connectivity index is 1.60. The number of nitrogens with one attached hydrogen (secondary N) is 1. The molecule has 2 aromatic heterocycles. The first-order valence-electron chi connectivity index (χ1n) is 10.4. The summed E-state index contributed by atoms with van der Waals surface area (Å²) in [5, 5.41) is 21.5. The van der Waals surface area contributed by atoms with Crippen molar-refractivity contribution in [3.63, 3.8) is 0 Å². The van der Waals surface area contributed by atoms with Crippen molar-refractivity contribution in [3.05, 3.63) is 40.7 Å². The topological polar surface area (TPSA) is 94.8 Å². The largest absolute Gasteiger partial charge is 0.483 e. The van der Waals surface area contributed by atoms with Gasteiger partial charge >= 0.3 is 0 Å². The molecule has 1 aromatic carbocycles. The van der Waals surface area contributed by atoms with Crippen molar-refractivity contribution in [2.24, 2.45) is 0 Å². The highest BCUT2D eigenvalue weighted by Gasteiger charge is 2.20. The molecule has 0 saturated heterocycles. The fourth-order valence-electron chi connectivity index (χ4n) is 2.93. The summed E-state index contributed by atoms with van der Waals surface area (Å²) in [7, 11) is 0. The number of hydrogen-bond donors (Lipinski definition) is 1. The van der Waals surface area contributed by atoms with Crippen LogP contribution in [0.5, 0.6) is 5.75 Å². The fraction of sp³-hybridized carbons (Fsp3) is 0.476. The third-order valence-corrected chi connectivity index (χ3v) is 6.58. The molecule has 1 unspecified atom stereocenters. The van der Waals surface area contributed by atoms with Crippen LogP contribution in [0.4, 0.5) is 5.13 Å². The number of carbonyl (C=O) groups is 1. The highest BCUT2D eigenvalue weighted by atomic mass is 32.2. The molecule has 0 aliphatic carbocycles. The van der Waals surface area contributed by atoms with Crippen LogP contribution in [0.25, 0.3) is 0 Å². The fourth-order valence-corrected chi connectivity index (χ4v) is 4.43. The lowest BCUT2D eigenvalue weighted by atomic mass is 10.0. The van der Waals surface area contributed by atoms with Crippen LogP contribution < -0.4 is 10.1 Å². The standard InChI is InChI=1S/C21H28N6O2S2/c1-6-18-23-25-20(31-18)22-17(28)12-30-21-26-24-19(27(21)7-2)14(5)29-16-10-8-15(9-11-16)13(3)4/h8-11,13-14H,6-7,12H2,1-5H3,(H,22,25,28). The molecule has 1 amide bonds. The van der Waals surface area contributed by atoms with Gasteiger partial charge in [-0.2, -0.15) is 0 Å². The van der Waals surface area contributed by atoms with Gasteiger partial charge in [0.2, 0.25) is 11.0 Å². The number of anilines is 1. The van der Waals surface area contributed by atoms with E-state index in [1.807, 2.05) is 37.5 Å². The zero-order valence-electron chi connectivity index (χ0n) is 18.5. The molecule has 3 rings (SSSR count). The normalized spacial score (nSPS) is 12.2. The average Bonchev–Trinajstić information content (AvgIpc) is 3.38. The number of amides is 1.